The minimum atomic E-state index is 0.000132. The summed E-state index contributed by atoms with van der Waals surface area (Å²) in [4.78, 5) is 17.0. The number of hydrogen-bond donors (Lipinski definition) is 1. The van der Waals surface area contributed by atoms with Crippen LogP contribution in [0.1, 0.15) is 12.5 Å². The average molecular weight is 388 g/mol. The molecule has 3 rings (SSSR count). The van der Waals surface area contributed by atoms with Crippen molar-refractivity contribution in [3.63, 3.8) is 0 Å². The van der Waals surface area contributed by atoms with Crippen LogP contribution in [0.25, 0.3) is 11.1 Å². The molecule has 1 N–H and O–H groups in total. The van der Waals surface area contributed by atoms with Crippen LogP contribution in [-0.4, -0.2) is 38.0 Å². The smallest absolute Gasteiger partial charge is 0.238 e. The van der Waals surface area contributed by atoms with E-state index in [4.69, 9.17) is 0 Å². The van der Waals surface area contributed by atoms with E-state index in [1.807, 2.05) is 56.6 Å². The Labute approximate surface area is 173 Å². The van der Waals surface area contributed by atoms with Gasteiger partial charge in [-0.1, -0.05) is 67.6 Å². The van der Waals surface area contributed by atoms with E-state index in [-0.39, 0.29) is 5.91 Å². The lowest BCUT2D eigenvalue weighted by molar-refractivity contribution is -0.117. The van der Waals surface area contributed by atoms with Crippen LogP contribution in [-0.2, 0) is 11.3 Å². The van der Waals surface area contributed by atoms with Gasteiger partial charge in [-0.2, -0.15) is 0 Å². The number of para-hydroxylation sites is 1. The van der Waals surface area contributed by atoms with E-state index < -0.39 is 0 Å². The van der Waals surface area contributed by atoms with Crippen molar-refractivity contribution in [2.24, 2.45) is 0 Å². The normalized spacial score (nSPS) is 10.8. The summed E-state index contributed by atoms with van der Waals surface area (Å²) < 4.78 is 0. The quantitative estimate of drug-likeness (QED) is 0.598. The van der Waals surface area contributed by atoms with Gasteiger partial charge in [0.2, 0.25) is 5.91 Å². The highest BCUT2D eigenvalue weighted by molar-refractivity contribution is 5.96. The summed E-state index contributed by atoms with van der Waals surface area (Å²) in [5, 5.41) is 3.10. The Morgan fingerprint density at radius 2 is 1.52 bits per heavy atom. The van der Waals surface area contributed by atoms with Crippen LogP contribution in [0.5, 0.6) is 0 Å². The summed E-state index contributed by atoms with van der Waals surface area (Å²) in [6.45, 7) is 4.00. The first kappa shape index (κ1) is 20.6. The molecule has 4 nitrogen and oxygen atoms in total. The molecule has 0 spiro atoms. The first-order chi connectivity index (χ1) is 14.1. The number of nitrogens with one attached hydrogen (secondary N) is 1. The number of amides is 1. The summed E-state index contributed by atoms with van der Waals surface area (Å²) in [6, 6.07) is 26.5. The standard InChI is InChI=1S/C25H29N3O/c1-4-28(18-20-14-16-22(17-15-20)27(2)3)19-25(29)26-24-13-9-8-12-23(24)21-10-6-5-7-11-21/h5-17H,4,18-19H2,1-3H3,(H,26,29). The fourth-order valence-electron chi connectivity index (χ4n) is 3.29. The van der Waals surface area contributed by atoms with E-state index in [2.05, 4.69) is 58.4 Å². The van der Waals surface area contributed by atoms with E-state index in [9.17, 15) is 4.79 Å². The molecule has 0 saturated carbocycles. The zero-order chi connectivity index (χ0) is 20.6. The number of hydrogen-bond acceptors (Lipinski definition) is 3. The summed E-state index contributed by atoms with van der Waals surface area (Å²) in [5.74, 6) is 0.000132. The number of rotatable bonds is 8. The Morgan fingerprint density at radius 1 is 0.862 bits per heavy atom. The molecule has 0 unspecified atom stereocenters. The Morgan fingerprint density at radius 3 is 2.17 bits per heavy atom. The van der Waals surface area contributed by atoms with Crippen LogP contribution >= 0.6 is 0 Å². The van der Waals surface area contributed by atoms with Crippen LogP contribution in [0, 0.1) is 0 Å². The highest BCUT2D eigenvalue weighted by Crippen LogP contribution is 2.27. The van der Waals surface area contributed by atoms with Gasteiger partial charge in [-0.3, -0.25) is 9.69 Å². The lowest BCUT2D eigenvalue weighted by Gasteiger charge is -2.21. The maximum absolute atomic E-state index is 12.7. The number of carbonyl (C=O) groups is 1. The van der Waals surface area contributed by atoms with Crippen molar-refractivity contribution < 1.29 is 4.79 Å². The molecule has 1 amide bonds. The molecule has 3 aromatic rings. The molecule has 0 fully saturated rings. The maximum atomic E-state index is 12.7. The van der Waals surface area contributed by atoms with Gasteiger partial charge >= 0.3 is 0 Å². The minimum absolute atomic E-state index is 0.000132. The molecule has 4 heteroatoms. The van der Waals surface area contributed by atoms with Gasteiger partial charge in [-0.15, -0.1) is 0 Å². The zero-order valence-corrected chi connectivity index (χ0v) is 17.4. The number of nitrogens with zero attached hydrogens (tertiary/aromatic N) is 2. The Hall–Kier alpha value is -3.11. The molecule has 3 aromatic carbocycles. The molecule has 0 bridgehead atoms. The summed E-state index contributed by atoms with van der Waals surface area (Å²) in [6.07, 6.45) is 0. The Balaban J connectivity index is 1.65. The van der Waals surface area contributed by atoms with Gasteiger partial charge in [-0.05, 0) is 35.9 Å². The van der Waals surface area contributed by atoms with E-state index in [0.717, 1.165) is 29.9 Å². The van der Waals surface area contributed by atoms with Gasteiger partial charge in [0.1, 0.15) is 0 Å². The van der Waals surface area contributed by atoms with Gasteiger partial charge in [0.15, 0.2) is 0 Å². The van der Waals surface area contributed by atoms with E-state index in [0.29, 0.717) is 6.54 Å². The molecule has 0 radical (unpaired) electrons. The second kappa shape index (κ2) is 9.89. The summed E-state index contributed by atoms with van der Waals surface area (Å²) in [5.41, 5.74) is 5.34. The molecule has 29 heavy (non-hydrogen) atoms. The third-order valence-electron chi connectivity index (χ3n) is 4.96. The molecule has 0 aliphatic carbocycles. The van der Waals surface area contributed by atoms with Crippen molar-refractivity contribution in [3.05, 3.63) is 84.4 Å². The molecular weight excluding hydrogens is 358 g/mol. The van der Waals surface area contributed by atoms with Gasteiger partial charge in [0.05, 0.1) is 6.54 Å². The van der Waals surface area contributed by atoms with Gasteiger partial charge in [0, 0.05) is 37.6 Å². The fraction of sp³-hybridized carbons (Fsp3) is 0.240. The third-order valence-corrected chi connectivity index (χ3v) is 4.96. The van der Waals surface area contributed by atoms with Crippen molar-refractivity contribution in [1.29, 1.82) is 0 Å². The molecule has 0 saturated heterocycles. The van der Waals surface area contributed by atoms with E-state index in [1.54, 1.807) is 0 Å². The first-order valence-electron chi connectivity index (χ1n) is 9.99. The summed E-state index contributed by atoms with van der Waals surface area (Å²) in [7, 11) is 4.07. The summed E-state index contributed by atoms with van der Waals surface area (Å²) >= 11 is 0. The van der Waals surface area contributed by atoms with Crippen LogP contribution in [0.4, 0.5) is 11.4 Å². The van der Waals surface area contributed by atoms with Crippen LogP contribution in [0.2, 0.25) is 0 Å². The van der Waals surface area contributed by atoms with Crippen molar-refractivity contribution >= 4 is 17.3 Å². The number of anilines is 2. The lowest BCUT2D eigenvalue weighted by atomic mass is 10.0. The number of benzene rings is 3. The van der Waals surface area contributed by atoms with Gasteiger partial charge in [0.25, 0.3) is 0 Å². The Kier molecular flexibility index (Phi) is 7.04. The molecule has 0 aliphatic heterocycles. The monoisotopic (exact) mass is 387 g/mol. The van der Waals surface area contributed by atoms with Crippen molar-refractivity contribution in [3.8, 4) is 11.1 Å². The number of carbonyl (C=O) groups excluding carboxylic acids is 1. The maximum Gasteiger partial charge on any atom is 0.238 e. The molecule has 0 heterocycles. The third kappa shape index (κ3) is 5.69. The van der Waals surface area contributed by atoms with Gasteiger partial charge < -0.3 is 10.2 Å². The highest BCUT2D eigenvalue weighted by Gasteiger charge is 2.12. The van der Waals surface area contributed by atoms with Crippen LogP contribution in [0.3, 0.4) is 0 Å². The van der Waals surface area contributed by atoms with E-state index in [1.165, 1.54) is 11.3 Å². The molecule has 0 aromatic heterocycles. The van der Waals surface area contributed by atoms with Crippen molar-refractivity contribution in [2.75, 3.05) is 37.4 Å². The second-order valence-electron chi connectivity index (χ2n) is 7.32. The van der Waals surface area contributed by atoms with Crippen molar-refractivity contribution in [1.82, 2.24) is 4.90 Å². The second-order valence-corrected chi connectivity index (χ2v) is 7.32. The van der Waals surface area contributed by atoms with Gasteiger partial charge in [-0.25, -0.2) is 0 Å². The molecule has 0 atom stereocenters. The van der Waals surface area contributed by atoms with Crippen molar-refractivity contribution in [2.45, 2.75) is 13.5 Å². The zero-order valence-electron chi connectivity index (χ0n) is 17.4. The van der Waals surface area contributed by atoms with E-state index >= 15 is 0 Å². The lowest BCUT2D eigenvalue weighted by Crippen LogP contribution is -2.32. The topological polar surface area (TPSA) is 35.6 Å². The highest BCUT2D eigenvalue weighted by atomic mass is 16.2. The molecule has 0 aliphatic rings. The SMILES string of the molecule is CCN(CC(=O)Nc1ccccc1-c1ccccc1)Cc1ccc(N(C)C)cc1. The fourth-order valence-corrected chi connectivity index (χ4v) is 3.29. The Bertz CT molecular complexity index is 920. The average Bonchev–Trinajstić information content (AvgIpc) is 2.74. The first-order valence-corrected chi connectivity index (χ1v) is 9.99. The van der Waals surface area contributed by atoms with Crippen LogP contribution in [0.15, 0.2) is 78.9 Å². The largest absolute Gasteiger partial charge is 0.378 e. The van der Waals surface area contributed by atoms with Crippen LogP contribution < -0.4 is 10.2 Å². The molecular formula is C25H29N3O. The molecule has 150 valence electrons. The number of likely N-dealkylation sites (N-methyl/N-ethyl adjacent to an activating group) is 1. The predicted octanol–water partition coefficient (Wildman–Crippen LogP) is 4.88. The minimum Gasteiger partial charge on any atom is -0.378 e. The predicted molar refractivity (Wildman–Crippen MR) is 122 cm³/mol.